The number of amides is 3. The van der Waals surface area contributed by atoms with Gasteiger partial charge in [-0.1, -0.05) is 24.3 Å². The highest BCUT2D eigenvalue weighted by atomic mass is 19.4. The van der Waals surface area contributed by atoms with Crippen LogP contribution < -0.4 is 10.6 Å². The topological polar surface area (TPSA) is 78.5 Å². The van der Waals surface area contributed by atoms with Gasteiger partial charge in [0.25, 0.3) is 5.91 Å². The molecule has 1 atom stereocenters. The Bertz CT molecular complexity index is 974. The van der Waals surface area contributed by atoms with Crippen LogP contribution in [0.5, 0.6) is 0 Å². The minimum atomic E-state index is -4.49. The van der Waals surface area contributed by atoms with Gasteiger partial charge in [-0.3, -0.25) is 14.4 Å². The van der Waals surface area contributed by atoms with Crippen LogP contribution >= 0.6 is 0 Å². The maximum atomic E-state index is 12.6. The maximum absolute atomic E-state index is 12.6. The molecular weight excluding hydrogens is 411 g/mol. The van der Waals surface area contributed by atoms with Gasteiger partial charge in [-0.25, -0.2) is 0 Å². The molecule has 2 N–H and O–H groups in total. The van der Waals surface area contributed by atoms with E-state index in [2.05, 4.69) is 5.32 Å². The fraction of sp³-hybridized carbons (Fsp3) is 0.318. The van der Waals surface area contributed by atoms with Crippen LogP contribution in [0.1, 0.15) is 40.9 Å². The van der Waals surface area contributed by atoms with Crippen LogP contribution in [-0.2, 0) is 16.0 Å². The first-order valence-corrected chi connectivity index (χ1v) is 9.74. The lowest BCUT2D eigenvalue weighted by Crippen LogP contribution is -2.40. The van der Waals surface area contributed by atoms with E-state index in [4.69, 9.17) is 0 Å². The Hall–Kier alpha value is -3.36. The summed E-state index contributed by atoms with van der Waals surface area (Å²) in [5.74, 6) is -1.28. The zero-order valence-electron chi connectivity index (χ0n) is 16.8. The fourth-order valence-corrected chi connectivity index (χ4v) is 3.62. The number of carbonyl (C=O) groups excluding carboxylic acids is 3. The lowest BCUT2D eigenvalue weighted by Gasteiger charge is -2.36. The summed E-state index contributed by atoms with van der Waals surface area (Å²) >= 11 is 0. The third kappa shape index (κ3) is 5.84. The van der Waals surface area contributed by atoms with E-state index >= 15 is 0 Å². The van der Waals surface area contributed by atoms with Crippen LogP contribution in [0, 0.1) is 0 Å². The fourth-order valence-electron chi connectivity index (χ4n) is 3.62. The summed E-state index contributed by atoms with van der Waals surface area (Å²) in [4.78, 5) is 38.1. The largest absolute Gasteiger partial charge is 0.405 e. The van der Waals surface area contributed by atoms with Crippen molar-refractivity contribution in [1.29, 1.82) is 0 Å². The minimum Gasteiger partial charge on any atom is -0.343 e. The number of hydrogen-bond donors (Lipinski definition) is 2. The Kier molecular flexibility index (Phi) is 6.62. The molecule has 1 unspecified atom stereocenters. The van der Waals surface area contributed by atoms with Crippen molar-refractivity contribution in [2.75, 3.05) is 18.4 Å². The molecule has 1 heterocycles. The Labute approximate surface area is 177 Å². The molecule has 3 amide bonds. The molecular formula is C22H22F3N3O3. The monoisotopic (exact) mass is 433 g/mol. The standard InChI is InChI=1S/C22H22F3N3O3/c1-14(29)28-11-10-15-4-2-3-5-18(15)19(28)12-20(30)27-17-8-6-16(7-9-17)21(31)26-13-22(23,24)25/h2-9,19H,10-13H2,1H3,(H,26,31)(H,27,30). The first-order valence-electron chi connectivity index (χ1n) is 9.74. The summed E-state index contributed by atoms with van der Waals surface area (Å²) in [5.41, 5.74) is 2.49. The van der Waals surface area contributed by atoms with Gasteiger partial charge >= 0.3 is 6.18 Å². The average molecular weight is 433 g/mol. The molecule has 6 nitrogen and oxygen atoms in total. The lowest BCUT2D eigenvalue weighted by molar-refractivity contribution is -0.132. The second-order valence-corrected chi connectivity index (χ2v) is 7.30. The quantitative estimate of drug-likeness (QED) is 0.758. The summed E-state index contributed by atoms with van der Waals surface area (Å²) in [6.45, 7) is 0.591. The predicted octanol–water partition coefficient (Wildman–Crippen LogP) is 3.45. The van der Waals surface area contributed by atoms with Crippen molar-refractivity contribution in [2.24, 2.45) is 0 Å². The van der Waals surface area contributed by atoms with Crippen LogP contribution in [0.3, 0.4) is 0 Å². The van der Waals surface area contributed by atoms with E-state index in [0.717, 1.165) is 17.5 Å². The molecule has 2 aromatic carbocycles. The molecule has 0 saturated carbocycles. The van der Waals surface area contributed by atoms with Gasteiger partial charge in [-0.2, -0.15) is 13.2 Å². The first kappa shape index (κ1) is 22.3. The molecule has 0 radical (unpaired) electrons. The molecule has 0 saturated heterocycles. The number of nitrogens with one attached hydrogen (secondary N) is 2. The van der Waals surface area contributed by atoms with Gasteiger partial charge in [0.05, 0.1) is 12.5 Å². The van der Waals surface area contributed by atoms with E-state index < -0.39 is 18.6 Å². The van der Waals surface area contributed by atoms with Crippen molar-refractivity contribution in [1.82, 2.24) is 10.2 Å². The summed E-state index contributed by atoms with van der Waals surface area (Å²) in [6.07, 6.45) is -3.70. The van der Waals surface area contributed by atoms with E-state index in [1.165, 1.54) is 31.2 Å². The van der Waals surface area contributed by atoms with Crippen molar-refractivity contribution < 1.29 is 27.6 Å². The third-order valence-corrected chi connectivity index (χ3v) is 5.08. The van der Waals surface area contributed by atoms with Crippen LogP contribution in [0.4, 0.5) is 18.9 Å². The Morgan fingerprint density at radius 1 is 1.06 bits per heavy atom. The highest BCUT2D eigenvalue weighted by Crippen LogP contribution is 2.32. The molecule has 1 aliphatic heterocycles. The molecule has 0 bridgehead atoms. The lowest BCUT2D eigenvalue weighted by atomic mass is 9.90. The molecule has 164 valence electrons. The number of halogens is 3. The average Bonchev–Trinajstić information content (AvgIpc) is 2.72. The number of anilines is 1. The Morgan fingerprint density at radius 3 is 2.39 bits per heavy atom. The van der Waals surface area contributed by atoms with Crippen molar-refractivity contribution in [3.63, 3.8) is 0 Å². The van der Waals surface area contributed by atoms with Gasteiger partial charge in [0.1, 0.15) is 6.54 Å². The van der Waals surface area contributed by atoms with Crippen molar-refractivity contribution >= 4 is 23.4 Å². The van der Waals surface area contributed by atoms with E-state index in [9.17, 15) is 27.6 Å². The van der Waals surface area contributed by atoms with Crippen LogP contribution in [-0.4, -0.2) is 41.9 Å². The van der Waals surface area contributed by atoms with Crippen LogP contribution in [0.15, 0.2) is 48.5 Å². The van der Waals surface area contributed by atoms with Crippen LogP contribution in [0.2, 0.25) is 0 Å². The molecule has 0 aromatic heterocycles. The SMILES string of the molecule is CC(=O)N1CCc2ccccc2C1CC(=O)Nc1ccc(C(=O)NCC(F)(F)F)cc1. The minimum absolute atomic E-state index is 0.0474. The zero-order valence-corrected chi connectivity index (χ0v) is 16.8. The normalized spacial score (nSPS) is 15.7. The van der Waals surface area contributed by atoms with Crippen LogP contribution in [0.25, 0.3) is 0 Å². The first-order chi connectivity index (χ1) is 14.6. The van der Waals surface area contributed by atoms with Gasteiger partial charge in [-0.05, 0) is 41.8 Å². The second-order valence-electron chi connectivity index (χ2n) is 7.30. The van der Waals surface area contributed by atoms with Gasteiger partial charge in [0, 0.05) is 24.7 Å². The Balaban J connectivity index is 1.65. The molecule has 2 aromatic rings. The van der Waals surface area contributed by atoms with Crippen molar-refractivity contribution in [3.05, 3.63) is 65.2 Å². The number of benzene rings is 2. The summed E-state index contributed by atoms with van der Waals surface area (Å²) < 4.78 is 36.6. The van der Waals surface area contributed by atoms with Gasteiger partial charge in [-0.15, -0.1) is 0 Å². The Morgan fingerprint density at radius 2 is 1.74 bits per heavy atom. The number of carbonyl (C=O) groups is 3. The van der Waals surface area contributed by atoms with Gasteiger partial charge in [0.2, 0.25) is 11.8 Å². The number of nitrogens with zero attached hydrogens (tertiary/aromatic N) is 1. The number of alkyl halides is 3. The number of fused-ring (bicyclic) bond motifs is 1. The van der Waals surface area contributed by atoms with E-state index in [1.54, 1.807) is 10.2 Å². The van der Waals surface area contributed by atoms with Gasteiger partial charge in [0.15, 0.2) is 0 Å². The molecule has 31 heavy (non-hydrogen) atoms. The maximum Gasteiger partial charge on any atom is 0.405 e. The van der Waals surface area contributed by atoms with Crippen molar-refractivity contribution in [2.45, 2.75) is 32.0 Å². The van der Waals surface area contributed by atoms with E-state index in [0.29, 0.717) is 12.2 Å². The highest BCUT2D eigenvalue weighted by molar-refractivity contribution is 5.96. The number of rotatable bonds is 5. The zero-order chi connectivity index (χ0) is 22.6. The number of hydrogen-bond acceptors (Lipinski definition) is 3. The van der Waals surface area contributed by atoms with Gasteiger partial charge < -0.3 is 15.5 Å². The predicted molar refractivity (Wildman–Crippen MR) is 108 cm³/mol. The smallest absolute Gasteiger partial charge is 0.343 e. The van der Waals surface area contributed by atoms with E-state index in [-0.39, 0.29) is 29.8 Å². The summed E-state index contributed by atoms with van der Waals surface area (Å²) in [7, 11) is 0. The summed E-state index contributed by atoms with van der Waals surface area (Å²) in [5, 5.41) is 4.50. The molecule has 0 spiro atoms. The molecule has 3 rings (SSSR count). The molecule has 0 aliphatic carbocycles. The summed E-state index contributed by atoms with van der Waals surface area (Å²) in [6, 6.07) is 12.9. The third-order valence-electron chi connectivity index (χ3n) is 5.08. The highest BCUT2D eigenvalue weighted by Gasteiger charge is 2.31. The van der Waals surface area contributed by atoms with E-state index in [1.807, 2.05) is 24.3 Å². The second kappa shape index (κ2) is 9.20. The molecule has 0 fully saturated rings. The molecule has 9 heteroatoms. The van der Waals surface area contributed by atoms with Crippen molar-refractivity contribution in [3.8, 4) is 0 Å². The molecule has 1 aliphatic rings.